The predicted molar refractivity (Wildman–Crippen MR) is 80.1 cm³/mol. The number of rotatable bonds is 4. The fourth-order valence-electron chi connectivity index (χ4n) is 3.33. The average molecular weight is 323 g/mol. The molecule has 2 aliphatic rings. The van der Waals surface area contributed by atoms with E-state index in [0.717, 1.165) is 25.0 Å². The number of carbonyl (C=O) groups excluding carboxylic acids is 1. The van der Waals surface area contributed by atoms with Crippen molar-refractivity contribution in [2.75, 3.05) is 19.8 Å². The summed E-state index contributed by atoms with van der Waals surface area (Å²) in [5.41, 5.74) is 0.153. The third-order valence-electron chi connectivity index (χ3n) is 4.39. The fourth-order valence-corrected chi connectivity index (χ4v) is 3.33. The zero-order chi connectivity index (χ0) is 16.4. The van der Waals surface area contributed by atoms with E-state index in [4.69, 9.17) is 9.47 Å². The zero-order valence-electron chi connectivity index (χ0n) is 12.7. The Morgan fingerprint density at radius 3 is 2.96 bits per heavy atom. The number of ether oxygens (including phenoxy) is 2. The minimum absolute atomic E-state index is 0.0708. The highest BCUT2D eigenvalue weighted by atomic mass is 19.2. The molecule has 1 aromatic rings. The maximum Gasteiger partial charge on any atom is 0.254 e. The number of morpholine rings is 1. The first kappa shape index (κ1) is 16.1. The highest BCUT2D eigenvalue weighted by molar-refractivity contribution is 5.94. The van der Waals surface area contributed by atoms with Crippen molar-refractivity contribution in [3.63, 3.8) is 0 Å². The van der Waals surface area contributed by atoms with Crippen LogP contribution in [0.2, 0.25) is 0 Å². The molecule has 1 saturated carbocycles. The molecule has 1 heterocycles. The summed E-state index contributed by atoms with van der Waals surface area (Å²) in [6.07, 6.45) is 2.99. The number of carbonyl (C=O) groups is 1. The maximum absolute atomic E-state index is 13.4. The van der Waals surface area contributed by atoms with Crippen LogP contribution in [0.5, 0.6) is 0 Å². The van der Waals surface area contributed by atoms with Crippen molar-refractivity contribution in [2.24, 2.45) is 0 Å². The highest BCUT2D eigenvalue weighted by Crippen LogP contribution is 2.33. The molecule has 0 N–H and O–H groups in total. The quantitative estimate of drug-likeness (QED) is 0.799. The summed E-state index contributed by atoms with van der Waals surface area (Å²) >= 11 is 0. The van der Waals surface area contributed by atoms with Gasteiger partial charge in [0.15, 0.2) is 11.6 Å². The second kappa shape index (κ2) is 6.76. The average Bonchev–Trinajstić information content (AvgIpc) is 2.98. The molecule has 0 bridgehead atoms. The van der Waals surface area contributed by atoms with Crippen molar-refractivity contribution in [1.29, 1.82) is 0 Å². The van der Waals surface area contributed by atoms with E-state index in [1.54, 1.807) is 11.0 Å². The second-order valence-electron chi connectivity index (χ2n) is 5.77. The lowest BCUT2D eigenvalue weighted by molar-refractivity contribution is -0.100. The summed E-state index contributed by atoms with van der Waals surface area (Å²) in [7, 11) is 0. The summed E-state index contributed by atoms with van der Waals surface area (Å²) in [6, 6.07) is 3.14. The molecule has 6 heteroatoms. The molecule has 1 amide bonds. The number of fused-ring (bicyclic) bond motifs is 1. The third-order valence-corrected chi connectivity index (χ3v) is 4.39. The molecular formula is C17H19F2NO3. The molecule has 1 aliphatic carbocycles. The number of hydrogen-bond acceptors (Lipinski definition) is 3. The monoisotopic (exact) mass is 323 g/mol. The number of halogens is 2. The van der Waals surface area contributed by atoms with E-state index in [2.05, 4.69) is 6.58 Å². The van der Waals surface area contributed by atoms with E-state index in [0.29, 0.717) is 19.8 Å². The van der Waals surface area contributed by atoms with Crippen LogP contribution in [0.3, 0.4) is 0 Å². The van der Waals surface area contributed by atoms with Crippen LogP contribution < -0.4 is 0 Å². The largest absolute Gasteiger partial charge is 0.372 e. The van der Waals surface area contributed by atoms with Gasteiger partial charge in [0, 0.05) is 12.1 Å². The van der Waals surface area contributed by atoms with Crippen molar-refractivity contribution in [2.45, 2.75) is 31.1 Å². The van der Waals surface area contributed by atoms with Crippen LogP contribution >= 0.6 is 0 Å². The zero-order valence-corrected chi connectivity index (χ0v) is 12.7. The number of hydrogen-bond donors (Lipinski definition) is 0. The Morgan fingerprint density at radius 1 is 1.39 bits per heavy atom. The SMILES string of the molecule is C=CCO[C@H]1CC[C@H]2[C@H]1OCCN2C(=O)c1ccc(F)c(F)c1. The summed E-state index contributed by atoms with van der Waals surface area (Å²) in [6.45, 7) is 4.91. The van der Waals surface area contributed by atoms with Gasteiger partial charge in [0.05, 0.1) is 25.4 Å². The van der Waals surface area contributed by atoms with E-state index < -0.39 is 11.6 Å². The minimum Gasteiger partial charge on any atom is -0.372 e. The fraction of sp³-hybridized carbons (Fsp3) is 0.471. The van der Waals surface area contributed by atoms with E-state index in [1.807, 2.05) is 0 Å². The van der Waals surface area contributed by atoms with E-state index in [-0.39, 0.29) is 29.7 Å². The van der Waals surface area contributed by atoms with E-state index >= 15 is 0 Å². The smallest absolute Gasteiger partial charge is 0.254 e. The van der Waals surface area contributed by atoms with Crippen LogP contribution in [0.4, 0.5) is 8.78 Å². The molecule has 124 valence electrons. The van der Waals surface area contributed by atoms with Crippen LogP contribution in [-0.2, 0) is 9.47 Å². The van der Waals surface area contributed by atoms with Gasteiger partial charge >= 0.3 is 0 Å². The van der Waals surface area contributed by atoms with Gasteiger partial charge in [0.2, 0.25) is 0 Å². The summed E-state index contributed by atoms with van der Waals surface area (Å²) in [5, 5.41) is 0. The second-order valence-corrected chi connectivity index (χ2v) is 5.77. The molecule has 0 radical (unpaired) electrons. The number of amides is 1. The predicted octanol–water partition coefficient (Wildman–Crippen LogP) is 2.54. The van der Waals surface area contributed by atoms with Gasteiger partial charge in [-0.3, -0.25) is 4.79 Å². The van der Waals surface area contributed by atoms with Gasteiger partial charge in [0.1, 0.15) is 6.10 Å². The lowest BCUT2D eigenvalue weighted by Gasteiger charge is -2.39. The standard InChI is InChI=1S/C17H19F2NO3/c1-2-8-22-15-6-5-14-16(15)23-9-7-20(14)17(21)11-3-4-12(18)13(19)10-11/h2-4,10,14-16H,1,5-9H2/t14-,15-,16+/m0/s1. The molecule has 1 aliphatic heterocycles. The highest BCUT2D eigenvalue weighted by Gasteiger charge is 2.45. The van der Waals surface area contributed by atoms with Gasteiger partial charge in [-0.25, -0.2) is 8.78 Å². The molecule has 1 aromatic carbocycles. The molecule has 3 atom stereocenters. The molecule has 0 spiro atoms. The van der Waals surface area contributed by atoms with Crippen LogP contribution in [-0.4, -0.2) is 48.8 Å². The van der Waals surface area contributed by atoms with Crippen LogP contribution in [0.15, 0.2) is 30.9 Å². The van der Waals surface area contributed by atoms with Gasteiger partial charge in [-0.2, -0.15) is 0 Å². The van der Waals surface area contributed by atoms with Crippen molar-refractivity contribution in [1.82, 2.24) is 4.90 Å². The summed E-state index contributed by atoms with van der Waals surface area (Å²) in [4.78, 5) is 14.3. The molecule has 4 nitrogen and oxygen atoms in total. The first-order chi connectivity index (χ1) is 11.1. The van der Waals surface area contributed by atoms with Crippen molar-refractivity contribution < 1.29 is 23.0 Å². The van der Waals surface area contributed by atoms with Crippen LogP contribution in [0.1, 0.15) is 23.2 Å². The Bertz CT molecular complexity index is 608. The topological polar surface area (TPSA) is 38.8 Å². The molecular weight excluding hydrogens is 304 g/mol. The van der Waals surface area contributed by atoms with Crippen LogP contribution in [0.25, 0.3) is 0 Å². The molecule has 3 rings (SSSR count). The Hall–Kier alpha value is -1.79. The minimum atomic E-state index is -1.01. The number of benzene rings is 1. The number of nitrogens with zero attached hydrogens (tertiary/aromatic N) is 1. The Kier molecular flexibility index (Phi) is 4.73. The summed E-state index contributed by atoms with van der Waals surface area (Å²) < 4.78 is 37.9. The summed E-state index contributed by atoms with van der Waals surface area (Å²) in [5.74, 6) is -2.27. The van der Waals surface area contributed by atoms with Crippen LogP contribution in [0, 0.1) is 11.6 Å². The van der Waals surface area contributed by atoms with Crippen molar-refractivity contribution >= 4 is 5.91 Å². The molecule has 1 saturated heterocycles. The first-order valence-corrected chi connectivity index (χ1v) is 7.72. The van der Waals surface area contributed by atoms with Gasteiger partial charge in [0.25, 0.3) is 5.91 Å². The Balaban J connectivity index is 1.76. The maximum atomic E-state index is 13.4. The third kappa shape index (κ3) is 3.14. The van der Waals surface area contributed by atoms with E-state index in [9.17, 15) is 13.6 Å². The lowest BCUT2D eigenvalue weighted by Crippen LogP contribution is -2.53. The van der Waals surface area contributed by atoms with Gasteiger partial charge in [-0.1, -0.05) is 6.08 Å². The van der Waals surface area contributed by atoms with E-state index in [1.165, 1.54) is 6.07 Å². The van der Waals surface area contributed by atoms with Crippen molar-refractivity contribution in [3.8, 4) is 0 Å². The van der Waals surface area contributed by atoms with Gasteiger partial charge in [-0.15, -0.1) is 6.58 Å². The Morgan fingerprint density at radius 2 is 2.22 bits per heavy atom. The lowest BCUT2D eigenvalue weighted by atomic mass is 10.1. The normalized spacial score (nSPS) is 26.9. The van der Waals surface area contributed by atoms with Crippen molar-refractivity contribution in [3.05, 3.63) is 48.1 Å². The molecule has 0 unspecified atom stereocenters. The Labute approximate surface area is 133 Å². The molecule has 0 aromatic heterocycles. The molecule has 23 heavy (non-hydrogen) atoms. The molecule has 2 fully saturated rings. The van der Waals surface area contributed by atoms with Gasteiger partial charge < -0.3 is 14.4 Å². The van der Waals surface area contributed by atoms with Gasteiger partial charge in [-0.05, 0) is 31.0 Å². The first-order valence-electron chi connectivity index (χ1n) is 7.72.